The normalized spacial score (nSPS) is 17.4. The highest BCUT2D eigenvalue weighted by atomic mass is 35.5. The highest BCUT2D eigenvalue weighted by molar-refractivity contribution is 6.33. The van der Waals surface area contributed by atoms with Crippen molar-refractivity contribution in [1.82, 2.24) is 25.1 Å². The third kappa shape index (κ3) is 5.83. The molecule has 1 unspecified atom stereocenters. The van der Waals surface area contributed by atoms with E-state index < -0.39 is 17.3 Å². The predicted molar refractivity (Wildman–Crippen MR) is 136 cm³/mol. The van der Waals surface area contributed by atoms with Gasteiger partial charge in [-0.05, 0) is 11.1 Å². The van der Waals surface area contributed by atoms with E-state index in [9.17, 15) is 22.8 Å². The van der Waals surface area contributed by atoms with Gasteiger partial charge in [-0.15, -0.1) is 0 Å². The highest BCUT2D eigenvalue weighted by Gasteiger charge is 2.33. The lowest BCUT2D eigenvalue weighted by Crippen LogP contribution is -2.49. The van der Waals surface area contributed by atoms with Crippen LogP contribution in [0, 0.1) is 0 Å². The summed E-state index contributed by atoms with van der Waals surface area (Å²) in [5.74, 6) is 0.129. The molecule has 5 rings (SSSR count). The van der Waals surface area contributed by atoms with Crippen LogP contribution in [-0.4, -0.2) is 70.4 Å². The minimum atomic E-state index is -4.49. The van der Waals surface area contributed by atoms with Crippen LogP contribution in [0.1, 0.15) is 29.2 Å². The number of fused-ring (bicyclic) bond motifs is 1. The molecule has 0 spiro atoms. The number of piperazine rings is 1. The van der Waals surface area contributed by atoms with Crippen LogP contribution in [0.4, 0.5) is 24.8 Å². The summed E-state index contributed by atoms with van der Waals surface area (Å²) < 4.78 is 44.1. The number of aromatic nitrogens is 4. The number of benzene rings is 1. The fourth-order valence-corrected chi connectivity index (χ4v) is 4.97. The molecule has 10 nitrogen and oxygen atoms in total. The average Bonchev–Trinajstić information content (AvgIpc) is 3.30. The topological polar surface area (TPSA) is 108 Å². The van der Waals surface area contributed by atoms with Crippen molar-refractivity contribution in [2.75, 3.05) is 49.2 Å². The van der Waals surface area contributed by atoms with Gasteiger partial charge in [-0.1, -0.05) is 35.9 Å². The zero-order valence-corrected chi connectivity index (χ0v) is 21.5. The number of hydrogen-bond donors (Lipinski definition) is 1. The molecule has 2 aliphatic heterocycles. The second-order valence-corrected chi connectivity index (χ2v) is 9.58. The number of amides is 1. The Balaban J connectivity index is 1.13. The molecule has 39 heavy (non-hydrogen) atoms. The summed E-state index contributed by atoms with van der Waals surface area (Å²) in [5.41, 5.74) is 1.29. The standard InChI is InChI=1S/C25H25ClF3N7O3/c26-22-19(13-32-33-23(22)38)36-14-16-3-1-2-4-18(16)20(36)15-39-10-5-21(37)34-6-8-35(9-7-34)24-30-11-17(12-31-24)25(27,28)29/h1-4,11-13,20H,5-10,14-15H2,(H,33,38). The first-order valence-electron chi connectivity index (χ1n) is 12.3. The molecule has 1 aromatic carbocycles. The molecule has 2 aromatic heterocycles. The summed E-state index contributed by atoms with van der Waals surface area (Å²) in [6.07, 6.45) is -1.27. The van der Waals surface area contributed by atoms with Crippen LogP contribution < -0.4 is 15.4 Å². The number of H-pyrrole nitrogens is 1. The lowest BCUT2D eigenvalue weighted by molar-refractivity contribution is -0.138. The van der Waals surface area contributed by atoms with Gasteiger partial charge in [-0.3, -0.25) is 9.59 Å². The van der Waals surface area contributed by atoms with Gasteiger partial charge >= 0.3 is 6.18 Å². The van der Waals surface area contributed by atoms with Gasteiger partial charge in [-0.2, -0.15) is 18.3 Å². The fraction of sp³-hybridized carbons (Fsp3) is 0.400. The van der Waals surface area contributed by atoms with Crippen LogP contribution in [0.25, 0.3) is 0 Å². The van der Waals surface area contributed by atoms with Crippen LogP contribution in [0.2, 0.25) is 5.02 Å². The number of hydrogen-bond acceptors (Lipinski definition) is 8. The largest absolute Gasteiger partial charge is 0.419 e. The zero-order chi connectivity index (χ0) is 27.6. The van der Waals surface area contributed by atoms with Gasteiger partial charge in [0.1, 0.15) is 5.02 Å². The van der Waals surface area contributed by atoms with Crippen molar-refractivity contribution in [3.05, 3.63) is 74.9 Å². The lowest BCUT2D eigenvalue weighted by Gasteiger charge is -2.34. The number of nitrogens with one attached hydrogen (secondary N) is 1. The summed E-state index contributed by atoms with van der Waals surface area (Å²) in [5, 5.41) is 6.27. The molecule has 2 aliphatic rings. The second-order valence-electron chi connectivity index (χ2n) is 9.20. The molecule has 1 N–H and O–H groups in total. The van der Waals surface area contributed by atoms with Gasteiger partial charge in [0.15, 0.2) is 0 Å². The number of rotatable bonds is 7. The number of alkyl halides is 3. The maximum atomic E-state index is 12.8. The van der Waals surface area contributed by atoms with Gasteiger partial charge < -0.3 is 19.4 Å². The van der Waals surface area contributed by atoms with E-state index in [4.69, 9.17) is 16.3 Å². The molecule has 0 bridgehead atoms. The van der Waals surface area contributed by atoms with E-state index in [2.05, 4.69) is 20.2 Å². The molecule has 1 fully saturated rings. The summed E-state index contributed by atoms with van der Waals surface area (Å²) in [6, 6.07) is 7.69. The molecule has 0 aliphatic carbocycles. The second kappa shape index (κ2) is 11.2. The number of halogens is 4. The molecule has 14 heteroatoms. The number of carbonyl (C=O) groups excluding carboxylic acids is 1. The maximum Gasteiger partial charge on any atom is 0.419 e. The Hall–Kier alpha value is -3.71. The Kier molecular flexibility index (Phi) is 7.71. The Morgan fingerprint density at radius 3 is 2.54 bits per heavy atom. The van der Waals surface area contributed by atoms with Crippen molar-refractivity contribution in [3.8, 4) is 0 Å². The van der Waals surface area contributed by atoms with E-state index in [1.165, 1.54) is 6.20 Å². The summed E-state index contributed by atoms with van der Waals surface area (Å²) in [4.78, 5) is 37.8. The van der Waals surface area contributed by atoms with E-state index in [1.807, 2.05) is 29.2 Å². The van der Waals surface area contributed by atoms with E-state index in [0.29, 0.717) is 38.4 Å². The first kappa shape index (κ1) is 26.9. The quantitative estimate of drug-likeness (QED) is 0.437. The highest BCUT2D eigenvalue weighted by Crippen LogP contribution is 2.39. The third-order valence-electron chi connectivity index (χ3n) is 6.83. The molecule has 206 valence electrons. The van der Waals surface area contributed by atoms with Gasteiger partial charge in [0.25, 0.3) is 5.56 Å². The first-order valence-corrected chi connectivity index (χ1v) is 12.7. The zero-order valence-electron chi connectivity index (χ0n) is 20.7. The minimum absolute atomic E-state index is 0.0545. The molecule has 1 atom stereocenters. The fourth-order valence-electron chi connectivity index (χ4n) is 4.77. The molecule has 3 aromatic rings. The molecule has 0 saturated carbocycles. The van der Waals surface area contributed by atoms with Crippen LogP contribution in [-0.2, 0) is 22.3 Å². The minimum Gasteiger partial charge on any atom is -0.378 e. The van der Waals surface area contributed by atoms with Crippen LogP contribution in [0.5, 0.6) is 0 Å². The van der Waals surface area contributed by atoms with Gasteiger partial charge in [0.2, 0.25) is 11.9 Å². The van der Waals surface area contributed by atoms with Crippen LogP contribution in [0.3, 0.4) is 0 Å². The average molecular weight is 564 g/mol. The van der Waals surface area contributed by atoms with Crippen molar-refractivity contribution < 1.29 is 22.7 Å². The van der Waals surface area contributed by atoms with Crippen molar-refractivity contribution in [3.63, 3.8) is 0 Å². The van der Waals surface area contributed by atoms with Gasteiger partial charge in [-0.25, -0.2) is 15.1 Å². The first-order chi connectivity index (χ1) is 18.7. The molecule has 1 saturated heterocycles. The smallest absolute Gasteiger partial charge is 0.378 e. The van der Waals surface area contributed by atoms with E-state index in [-0.39, 0.29) is 42.6 Å². The van der Waals surface area contributed by atoms with E-state index in [1.54, 1.807) is 9.80 Å². The summed E-state index contributed by atoms with van der Waals surface area (Å²) >= 11 is 6.27. The Morgan fingerprint density at radius 1 is 1.10 bits per heavy atom. The number of aromatic amines is 1. The number of nitrogens with zero attached hydrogens (tertiary/aromatic N) is 6. The van der Waals surface area contributed by atoms with Crippen molar-refractivity contribution in [1.29, 1.82) is 0 Å². The van der Waals surface area contributed by atoms with Crippen molar-refractivity contribution in [2.45, 2.75) is 25.2 Å². The monoisotopic (exact) mass is 563 g/mol. The lowest BCUT2D eigenvalue weighted by atomic mass is 10.1. The number of ether oxygens (including phenoxy) is 1. The molecule has 4 heterocycles. The molecular weight excluding hydrogens is 539 g/mol. The van der Waals surface area contributed by atoms with Crippen molar-refractivity contribution >= 4 is 29.1 Å². The van der Waals surface area contributed by atoms with Crippen molar-refractivity contribution in [2.24, 2.45) is 0 Å². The van der Waals surface area contributed by atoms with Crippen LogP contribution >= 0.6 is 11.6 Å². The SMILES string of the molecule is O=C(CCOCC1c2ccccc2CN1c1cn[nH]c(=O)c1Cl)N1CCN(c2ncc(C(F)(F)F)cn2)CC1. The van der Waals surface area contributed by atoms with Gasteiger partial charge in [0.05, 0.1) is 43.1 Å². The Labute approximate surface area is 226 Å². The molecule has 1 amide bonds. The Morgan fingerprint density at radius 2 is 1.82 bits per heavy atom. The summed E-state index contributed by atoms with van der Waals surface area (Å²) in [7, 11) is 0. The van der Waals surface area contributed by atoms with Crippen LogP contribution in [0.15, 0.2) is 47.7 Å². The predicted octanol–water partition coefficient (Wildman–Crippen LogP) is 3.05. The molecular formula is C25H25ClF3N7O3. The van der Waals surface area contributed by atoms with E-state index in [0.717, 1.165) is 23.5 Å². The number of anilines is 2. The number of carbonyl (C=O) groups is 1. The third-order valence-corrected chi connectivity index (χ3v) is 7.20. The van der Waals surface area contributed by atoms with Gasteiger partial charge in [0, 0.05) is 45.1 Å². The molecule has 0 radical (unpaired) electrons. The summed E-state index contributed by atoms with van der Waals surface area (Å²) in [6.45, 7) is 2.66. The Bertz CT molecular complexity index is 1380. The van der Waals surface area contributed by atoms with E-state index >= 15 is 0 Å². The maximum absolute atomic E-state index is 12.8.